The molecule has 0 bridgehead atoms. The molecule has 0 saturated carbocycles. The minimum Gasteiger partial charge on any atom is -0.493 e. The monoisotopic (exact) mass is 695 g/mol. The van der Waals surface area contributed by atoms with Crippen LogP contribution < -0.4 is 34.8 Å². The van der Waals surface area contributed by atoms with Gasteiger partial charge in [-0.2, -0.15) is 0 Å². The van der Waals surface area contributed by atoms with Gasteiger partial charge in [-0.1, -0.05) is 30.3 Å². The minimum atomic E-state index is -0.957. The van der Waals surface area contributed by atoms with Gasteiger partial charge in [0.05, 0.1) is 45.4 Å². The SMILES string of the molecule is COC(=O)c1c(-c2cc(Br)c(OC)c(OC)c2)c2cc(OC)c(OC)cc2c(=O)n1N1CCNCC1C(=O)OCc1ccccc1. The van der Waals surface area contributed by atoms with Crippen LogP contribution in [0.1, 0.15) is 16.1 Å². The molecule has 242 valence electrons. The molecule has 12 nitrogen and oxygen atoms in total. The van der Waals surface area contributed by atoms with E-state index in [1.807, 2.05) is 30.3 Å². The first-order chi connectivity index (χ1) is 22.3. The first-order valence-electron chi connectivity index (χ1n) is 14.3. The molecular weight excluding hydrogens is 662 g/mol. The lowest BCUT2D eigenvalue weighted by Gasteiger charge is -2.38. The third-order valence-corrected chi connectivity index (χ3v) is 8.32. The summed E-state index contributed by atoms with van der Waals surface area (Å²) in [5, 5.41) is 5.35. The number of benzene rings is 3. The summed E-state index contributed by atoms with van der Waals surface area (Å²) in [6.45, 7) is 0.837. The first-order valence-corrected chi connectivity index (χ1v) is 15.1. The third-order valence-electron chi connectivity index (χ3n) is 7.73. The molecule has 1 saturated heterocycles. The predicted octanol–water partition coefficient (Wildman–Crippen LogP) is 3.91. The number of fused-ring (bicyclic) bond motifs is 1. The van der Waals surface area contributed by atoms with Crippen molar-refractivity contribution >= 4 is 38.6 Å². The zero-order chi connectivity index (χ0) is 33.0. The number of methoxy groups -OCH3 is 5. The number of pyridine rings is 1. The van der Waals surface area contributed by atoms with Crippen LogP contribution in [-0.4, -0.2) is 77.8 Å². The Morgan fingerprint density at radius 3 is 2.20 bits per heavy atom. The standard InChI is InChI=1S/C33H34BrN3O9/c1-41-25-15-21-22(16-26(25)42-2)31(38)37(36-12-11-35-17-24(36)32(39)46-18-19-9-7-6-8-10-19)29(33(40)45-5)28(21)20-13-23(34)30(44-4)27(14-20)43-3/h6-10,13-16,24,35H,11-12,17-18H2,1-5H3. The molecule has 2 heterocycles. The molecule has 4 aromatic rings. The summed E-state index contributed by atoms with van der Waals surface area (Å²) in [5.74, 6) is 0.0900. The fourth-order valence-corrected chi connectivity index (χ4v) is 6.16. The molecule has 3 aromatic carbocycles. The summed E-state index contributed by atoms with van der Waals surface area (Å²) in [6.07, 6.45) is 0. The van der Waals surface area contributed by atoms with E-state index >= 15 is 0 Å². The largest absolute Gasteiger partial charge is 0.493 e. The highest BCUT2D eigenvalue weighted by Gasteiger charge is 2.36. The van der Waals surface area contributed by atoms with E-state index in [2.05, 4.69) is 21.2 Å². The van der Waals surface area contributed by atoms with E-state index in [9.17, 15) is 14.4 Å². The molecule has 0 aliphatic carbocycles. The lowest BCUT2D eigenvalue weighted by Crippen LogP contribution is -2.63. The fourth-order valence-electron chi connectivity index (χ4n) is 5.56. The highest BCUT2D eigenvalue weighted by molar-refractivity contribution is 9.10. The molecule has 1 unspecified atom stereocenters. The molecule has 1 aliphatic rings. The maximum absolute atomic E-state index is 14.5. The average Bonchev–Trinajstić information content (AvgIpc) is 3.09. The Morgan fingerprint density at radius 2 is 1.57 bits per heavy atom. The van der Waals surface area contributed by atoms with Gasteiger partial charge in [0.2, 0.25) is 0 Å². The van der Waals surface area contributed by atoms with Crippen LogP contribution in [0.3, 0.4) is 0 Å². The van der Waals surface area contributed by atoms with Crippen LogP contribution in [0, 0.1) is 0 Å². The molecule has 1 atom stereocenters. The molecule has 1 N–H and O–H groups in total. The van der Waals surface area contributed by atoms with E-state index in [-0.39, 0.29) is 30.8 Å². The van der Waals surface area contributed by atoms with Gasteiger partial charge < -0.3 is 33.7 Å². The van der Waals surface area contributed by atoms with Crippen LogP contribution in [0.2, 0.25) is 0 Å². The van der Waals surface area contributed by atoms with Crippen LogP contribution in [0.4, 0.5) is 0 Å². The van der Waals surface area contributed by atoms with Crippen molar-refractivity contribution in [2.24, 2.45) is 0 Å². The van der Waals surface area contributed by atoms with Gasteiger partial charge in [0.25, 0.3) is 5.56 Å². The summed E-state index contributed by atoms with van der Waals surface area (Å²) in [7, 11) is 7.18. The third kappa shape index (κ3) is 6.07. The van der Waals surface area contributed by atoms with Crippen molar-refractivity contribution in [1.29, 1.82) is 0 Å². The molecule has 0 radical (unpaired) electrons. The van der Waals surface area contributed by atoms with E-state index in [1.165, 1.54) is 40.2 Å². The first kappa shape index (κ1) is 32.6. The second-order valence-electron chi connectivity index (χ2n) is 10.3. The Morgan fingerprint density at radius 1 is 0.891 bits per heavy atom. The molecule has 1 fully saturated rings. The number of carbonyl (C=O) groups is 2. The molecule has 0 spiro atoms. The Balaban J connectivity index is 1.81. The lowest BCUT2D eigenvalue weighted by atomic mass is 9.95. The predicted molar refractivity (Wildman–Crippen MR) is 175 cm³/mol. The molecule has 5 rings (SSSR count). The number of piperazine rings is 1. The minimum absolute atomic E-state index is 0.0441. The summed E-state index contributed by atoms with van der Waals surface area (Å²) in [6, 6.07) is 15.0. The molecule has 1 aromatic heterocycles. The Labute approximate surface area is 273 Å². The second-order valence-corrected chi connectivity index (χ2v) is 11.1. The highest BCUT2D eigenvalue weighted by atomic mass is 79.9. The highest BCUT2D eigenvalue weighted by Crippen LogP contribution is 2.43. The number of nitrogens with one attached hydrogen (secondary N) is 1. The number of aromatic nitrogens is 1. The number of esters is 2. The van der Waals surface area contributed by atoms with Gasteiger partial charge in [0.15, 0.2) is 34.7 Å². The van der Waals surface area contributed by atoms with Crippen LogP contribution in [0.25, 0.3) is 21.9 Å². The molecular formula is C33H34BrN3O9. The number of hydrogen-bond donors (Lipinski definition) is 1. The Hall–Kier alpha value is -4.75. The zero-order valence-electron chi connectivity index (χ0n) is 26.0. The quantitative estimate of drug-likeness (QED) is 0.243. The number of carbonyl (C=O) groups excluding carboxylic acids is 2. The Kier molecular flexibility index (Phi) is 10.0. The number of nitrogens with zero attached hydrogens (tertiary/aromatic N) is 2. The van der Waals surface area contributed by atoms with E-state index in [1.54, 1.807) is 29.3 Å². The van der Waals surface area contributed by atoms with Crippen LogP contribution >= 0.6 is 15.9 Å². The van der Waals surface area contributed by atoms with Crippen molar-refractivity contribution in [3.8, 4) is 34.1 Å². The van der Waals surface area contributed by atoms with Crippen molar-refractivity contribution in [3.05, 3.63) is 80.7 Å². The zero-order valence-corrected chi connectivity index (χ0v) is 27.6. The molecule has 0 amide bonds. The van der Waals surface area contributed by atoms with Crippen molar-refractivity contribution in [1.82, 2.24) is 9.99 Å². The normalized spacial score (nSPS) is 14.5. The van der Waals surface area contributed by atoms with E-state index in [0.717, 1.165) is 5.56 Å². The summed E-state index contributed by atoms with van der Waals surface area (Å²) >= 11 is 3.55. The van der Waals surface area contributed by atoms with Gasteiger partial charge in [0, 0.05) is 30.6 Å². The van der Waals surface area contributed by atoms with Gasteiger partial charge in [-0.15, -0.1) is 0 Å². The van der Waals surface area contributed by atoms with Crippen LogP contribution in [-0.2, 0) is 20.9 Å². The van der Waals surface area contributed by atoms with Gasteiger partial charge in [0.1, 0.15) is 6.61 Å². The molecule has 13 heteroatoms. The smallest absolute Gasteiger partial charge is 0.357 e. The van der Waals surface area contributed by atoms with E-state index < -0.39 is 23.5 Å². The van der Waals surface area contributed by atoms with Crippen molar-refractivity contribution in [2.45, 2.75) is 12.6 Å². The van der Waals surface area contributed by atoms with Gasteiger partial charge in [-0.05, 0) is 51.3 Å². The summed E-state index contributed by atoms with van der Waals surface area (Å²) in [4.78, 5) is 42.0. The topological polar surface area (TPSA) is 127 Å². The van der Waals surface area contributed by atoms with E-state index in [0.29, 0.717) is 50.5 Å². The lowest BCUT2D eigenvalue weighted by molar-refractivity contribution is -0.147. The Bertz CT molecular complexity index is 1830. The second kappa shape index (κ2) is 14.1. The summed E-state index contributed by atoms with van der Waals surface area (Å²) < 4.78 is 35.0. The number of halogens is 1. The van der Waals surface area contributed by atoms with E-state index in [4.69, 9.17) is 28.4 Å². The maximum atomic E-state index is 14.5. The van der Waals surface area contributed by atoms with Crippen LogP contribution in [0.5, 0.6) is 23.0 Å². The van der Waals surface area contributed by atoms with Crippen LogP contribution in [0.15, 0.2) is 63.9 Å². The molecule has 1 aliphatic heterocycles. The fraction of sp³-hybridized carbons (Fsp3) is 0.303. The van der Waals surface area contributed by atoms with Crippen molar-refractivity contribution in [3.63, 3.8) is 0 Å². The van der Waals surface area contributed by atoms with Gasteiger partial charge in [-0.3, -0.25) is 9.80 Å². The van der Waals surface area contributed by atoms with Gasteiger partial charge in [-0.25, -0.2) is 14.3 Å². The van der Waals surface area contributed by atoms with Crippen molar-refractivity contribution in [2.75, 3.05) is 60.2 Å². The van der Waals surface area contributed by atoms with Gasteiger partial charge >= 0.3 is 11.9 Å². The number of ether oxygens (including phenoxy) is 6. The number of rotatable bonds is 10. The van der Waals surface area contributed by atoms with Crippen molar-refractivity contribution < 1.29 is 38.0 Å². The maximum Gasteiger partial charge on any atom is 0.357 e. The average molecular weight is 697 g/mol. The number of hydrogen-bond acceptors (Lipinski definition) is 11. The summed E-state index contributed by atoms with van der Waals surface area (Å²) in [5.41, 5.74) is 0.969. The molecule has 46 heavy (non-hydrogen) atoms.